The van der Waals surface area contributed by atoms with Crippen LogP contribution in [0.2, 0.25) is 0 Å². The van der Waals surface area contributed by atoms with Crippen LogP contribution in [0.15, 0.2) is 0 Å². The van der Waals surface area contributed by atoms with Crippen molar-refractivity contribution in [1.82, 2.24) is 0 Å². The Kier molecular flexibility index (Phi) is 3.91. The lowest BCUT2D eigenvalue weighted by atomic mass is 9.96. The van der Waals surface area contributed by atoms with Crippen molar-refractivity contribution < 1.29 is 9.53 Å². The molecule has 0 bridgehead atoms. The first-order valence-corrected chi connectivity index (χ1v) is 4.67. The van der Waals surface area contributed by atoms with Gasteiger partial charge in [-0.25, -0.2) is 0 Å². The number of hydrogen-bond acceptors (Lipinski definition) is 3. The average Bonchev–Trinajstić information content (AvgIpc) is 1.81. The molecule has 0 aromatic carbocycles. The van der Waals surface area contributed by atoms with Crippen LogP contribution in [0, 0.1) is 0 Å². The van der Waals surface area contributed by atoms with Crippen LogP contribution in [0.3, 0.4) is 0 Å². The van der Waals surface area contributed by atoms with Gasteiger partial charge in [0.15, 0.2) is 0 Å². The SMILES string of the molecule is CCC(C)(N)CC(=O)OC(C)(C)C. The van der Waals surface area contributed by atoms with Crippen LogP contribution < -0.4 is 5.73 Å². The van der Waals surface area contributed by atoms with Crippen LogP contribution in [0.5, 0.6) is 0 Å². The summed E-state index contributed by atoms with van der Waals surface area (Å²) in [6.45, 7) is 9.38. The van der Waals surface area contributed by atoms with E-state index in [0.29, 0.717) is 0 Å². The smallest absolute Gasteiger partial charge is 0.308 e. The number of carbonyl (C=O) groups excluding carboxylic acids is 1. The summed E-state index contributed by atoms with van der Waals surface area (Å²) in [5.41, 5.74) is 4.98. The first kappa shape index (κ1) is 12.4. The molecular weight excluding hydrogens is 166 g/mol. The Morgan fingerprint density at radius 2 is 1.77 bits per heavy atom. The van der Waals surface area contributed by atoms with Gasteiger partial charge in [0, 0.05) is 5.54 Å². The van der Waals surface area contributed by atoms with E-state index in [-0.39, 0.29) is 12.4 Å². The lowest BCUT2D eigenvalue weighted by molar-refractivity contribution is -0.156. The number of esters is 1. The van der Waals surface area contributed by atoms with Gasteiger partial charge < -0.3 is 10.5 Å². The minimum atomic E-state index is -0.442. The largest absolute Gasteiger partial charge is 0.460 e. The Morgan fingerprint density at radius 1 is 1.31 bits per heavy atom. The van der Waals surface area contributed by atoms with Crippen LogP contribution in [-0.4, -0.2) is 17.1 Å². The van der Waals surface area contributed by atoms with E-state index in [4.69, 9.17) is 10.5 Å². The van der Waals surface area contributed by atoms with Crippen molar-refractivity contribution in [3.05, 3.63) is 0 Å². The molecule has 0 aliphatic rings. The number of hydrogen-bond donors (Lipinski definition) is 1. The van der Waals surface area contributed by atoms with Gasteiger partial charge in [-0.15, -0.1) is 0 Å². The molecule has 0 aliphatic heterocycles. The maximum Gasteiger partial charge on any atom is 0.308 e. The number of rotatable bonds is 3. The highest BCUT2D eigenvalue weighted by atomic mass is 16.6. The second kappa shape index (κ2) is 4.09. The third-order valence-electron chi connectivity index (χ3n) is 1.78. The zero-order chi connectivity index (χ0) is 10.7. The zero-order valence-corrected chi connectivity index (χ0v) is 9.31. The van der Waals surface area contributed by atoms with Crippen LogP contribution in [-0.2, 0) is 9.53 Å². The Labute approximate surface area is 80.6 Å². The van der Waals surface area contributed by atoms with Crippen molar-refractivity contribution in [2.45, 2.75) is 58.6 Å². The summed E-state index contributed by atoms with van der Waals surface area (Å²) >= 11 is 0. The molecule has 0 amide bonds. The highest BCUT2D eigenvalue weighted by molar-refractivity contribution is 5.71. The van der Waals surface area contributed by atoms with Crippen molar-refractivity contribution in [3.8, 4) is 0 Å². The fourth-order valence-corrected chi connectivity index (χ4v) is 0.832. The fourth-order valence-electron chi connectivity index (χ4n) is 0.832. The maximum atomic E-state index is 11.3. The number of carbonyl (C=O) groups is 1. The van der Waals surface area contributed by atoms with Gasteiger partial charge in [-0.1, -0.05) is 6.92 Å². The Balaban J connectivity index is 4.03. The topological polar surface area (TPSA) is 52.3 Å². The molecule has 78 valence electrons. The Hall–Kier alpha value is -0.570. The molecule has 0 saturated carbocycles. The van der Waals surface area contributed by atoms with Gasteiger partial charge in [0.1, 0.15) is 5.60 Å². The van der Waals surface area contributed by atoms with Crippen molar-refractivity contribution in [2.24, 2.45) is 5.73 Å². The monoisotopic (exact) mass is 187 g/mol. The standard InChI is InChI=1S/C10H21NO2/c1-6-10(5,11)7-8(12)13-9(2,3)4/h6-7,11H2,1-5H3. The van der Waals surface area contributed by atoms with Gasteiger partial charge in [0.2, 0.25) is 0 Å². The minimum absolute atomic E-state index is 0.223. The van der Waals surface area contributed by atoms with E-state index >= 15 is 0 Å². The summed E-state index contributed by atoms with van der Waals surface area (Å²) in [7, 11) is 0. The lowest BCUT2D eigenvalue weighted by Crippen LogP contribution is -2.39. The normalized spacial score (nSPS) is 16.5. The second-order valence-corrected chi connectivity index (χ2v) is 4.77. The summed E-state index contributed by atoms with van der Waals surface area (Å²) < 4.78 is 5.16. The number of ether oxygens (including phenoxy) is 1. The summed E-state index contributed by atoms with van der Waals surface area (Å²) in [6, 6.07) is 0. The molecule has 0 aliphatic carbocycles. The van der Waals surface area contributed by atoms with Crippen LogP contribution >= 0.6 is 0 Å². The first-order valence-electron chi connectivity index (χ1n) is 4.67. The fraction of sp³-hybridized carbons (Fsp3) is 0.900. The molecule has 0 fully saturated rings. The molecule has 0 aromatic rings. The predicted octanol–water partition coefficient (Wildman–Crippen LogP) is 1.85. The average molecular weight is 187 g/mol. The van der Waals surface area contributed by atoms with E-state index < -0.39 is 11.1 Å². The molecular formula is C10H21NO2. The summed E-state index contributed by atoms with van der Waals surface area (Å²) in [4.78, 5) is 11.3. The van der Waals surface area contributed by atoms with Gasteiger partial charge in [0.05, 0.1) is 6.42 Å². The van der Waals surface area contributed by atoms with E-state index in [2.05, 4.69) is 0 Å². The third kappa shape index (κ3) is 6.58. The molecule has 3 nitrogen and oxygen atoms in total. The molecule has 0 saturated heterocycles. The van der Waals surface area contributed by atoms with Gasteiger partial charge in [0.25, 0.3) is 0 Å². The van der Waals surface area contributed by atoms with Crippen molar-refractivity contribution in [3.63, 3.8) is 0 Å². The molecule has 0 radical (unpaired) electrons. The summed E-state index contributed by atoms with van der Waals surface area (Å²) in [5.74, 6) is -0.223. The molecule has 1 atom stereocenters. The van der Waals surface area contributed by atoms with Gasteiger partial charge >= 0.3 is 5.97 Å². The minimum Gasteiger partial charge on any atom is -0.460 e. The highest BCUT2D eigenvalue weighted by Crippen LogP contribution is 2.15. The first-order chi connectivity index (χ1) is 5.66. The Bertz CT molecular complexity index is 180. The molecule has 0 spiro atoms. The second-order valence-electron chi connectivity index (χ2n) is 4.77. The summed E-state index contributed by atoms with van der Waals surface area (Å²) in [6.07, 6.45) is 1.05. The Morgan fingerprint density at radius 3 is 2.08 bits per heavy atom. The molecule has 0 heterocycles. The highest BCUT2D eigenvalue weighted by Gasteiger charge is 2.24. The molecule has 1 unspecified atom stereocenters. The van der Waals surface area contributed by atoms with Gasteiger partial charge in [-0.2, -0.15) is 0 Å². The molecule has 3 heteroatoms. The quantitative estimate of drug-likeness (QED) is 0.686. The van der Waals surface area contributed by atoms with Crippen molar-refractivity contribution >= 4 is 5.97 Å². The molecule has 0 aromatic heterocycles. The van der Waals surface area contributed by atoms with E-state index in [1.807, 2.05) is 34.6 Å². The van der Waals surface area contributed by atoms with E-state index in [9.17, 15) is 4.79 Å². The van der Waals surface area contributed by atoms with E-state index in [0.717, 1.165) is 6.42 Å². The predicted molar refractivity (Wildman–Crippen MR) is 53.3 cm³/mol. The summed E-state index contributed by atoms with van der Waals surface area (Å²) in [5, 5.41) is 0. The lowest BCUT2D eigenvalue weighted by Gasteiger charge is -2.25. The van der Waals surface area contributed by atoms with E-state index in [1.165, 1.54) is 0 Å². The maximum absolute atomic E-state index is 11.3. The number of nitrogens with two attached hydrogens (primary N) is 1. The van der Waals surface area contributed by atoms with Crippen molar-refractivity contribution in [1.29, 1.82) is 0 Å². The molecule has 2 N–H and O–H groups in total. The van der Waals surface area contributed by atoms with Crippen LogP contribution in [0.1, 0.15) is 47.5 Å². The van der Waals surface area contributed by atoms with Gasteiger partial charge in [-0.05, 0) is 34.1 Å². The molecule has 0 rings (SSSR count). The van der Waals surface area contributed by atoms with Gasteiger partial charge in [-0.3, -0.25) is 4.79 Å². The van der Waals surface area contributed by atoms with Crippen LogP contribution in [0.25, 0.3) is 0 Å². The molecule has 13 heavy (non-hydrogen) atoms. The van der Waals surface area contributed by atoms with Crippen LogP contribution in [0.4, 0.5) is 0 Å². The van der Waals surface area contributed by atoms with Crippen molar-refractivity contribution in [2.75, 3.05) is 0 Å². The zero-order valence-electron chi connectivity index (χ0n) is 9.31. The third-order valence-corrected chi connectivity index (χ3v) is 1.78. The van der Waals surface area contributed by atoms with E-state index in [1.54, 1.807) is 0 Å².